The lowest BCUT2D eigenvalue weighted by atomic mass is 9.96. The molecule has 164 valence electrons. The fourth-order valence-corrected chi connectivity index (χ4v) is 5.27. The van der Waals surface area contributed by atoms with Crippen LogP contribution in [0, 0.1) is 5.41 Å². The van der Waals surface area contributed by atoms with E-state index in [0.717, 1.165) is 35.7 Å². The van der Waals surface area contributed by atoms with Crippen LogP contribution in [0.5, 0.6) is 0 Å². The Morgan fingerprint density at radius 3 is 2.33 bits per heavy atom. The van der Waals surface area contributed by atoms with Gasteiger partial charge in [0.05, 0.1) is 0 Å². The molecule has 1 amide bonds. The Morgan fingerprint density at radius 2 is 1.73 bits per heavy atom. The molecule has 1 aromatic heterocycles. The van der Waals surface area contributed by atoms with E-state index in [-0.39, 0.29) is 15.4 Å². The molecule has 2 heterocycles. The van der Waals surface area contributed by atoms with E-state index in [4.69, 9.17) is 0 Å². The molecule has 8 nitrogen and oxygen atoms in total. The molecule has 0 spiro atoms. The molecule has 1 aliphatic rings. The van der Waals surface area contributed by atoms with E-state index in [0.29, 0.717) is 0 Å². The number of carbonyl (C=O) groups excluding carboxylic acids is 1. The number of anilines is 2. The molecule has 0 bridgehead atoms. The number of aromatic nitrogens is 2. The lowest BCUT2D eigenvalue weighted by Gasteiger charge is -2.29. The lowest BCUT2D eigenvalue weighted by Crippen LogP contribution is -2.29. The molecule has 1 aliphatic heterocycles. The van der Waals surface area contributed by atoms with Gasteiger partial charge in [-0.05, 0) is 43.9 Å². The number of sulfonamides is 1. The van der Waals surface area contributed by atoms with Crippen molar-refractivity contribution in [1.29, 1.82) is 0 Å². The number of amides is 1. The second kappa shape index (κ2) is 8.99. The van der Waals surface area contributed by atoms with E-state index in [2.05, 4.69) is 25.1 Å². The van der Waals surface area contributed by atoms with Gasteiger partial charge in [-0.1, -0.05) is 44.2 Å². The fraction of sp³-hybridized carbons (Fsp3) is 0.550. The van der Waals surface area contributed by atoms with Gasteiger partial charge in [0.15, 0.2) is 0 Å². The number of nitrogens with one attached hydrogen (secondary N) is 2. The zero-order valence-corrected chi connectivity index (χ0v) is 19.4. The average molecular weight is 452 g/mol. The Kier molecular flexibility index (Phi) is 6.78. The number of hydrogen-bond donors (Lipinski definition) is 2. The summed E-state index contributed by atoms with van der Waals surface area (Å²) in [6.07, 6.45) is 3.69. The quantitative estimate of drug-likeness (QED) is 0.651. The second-order valence-electron chi connectivity index (χ2n) is 8.56. The van der Waals surface area contributed by atoms with Crippen LogP contribution in [0.2, 0.25) is 0 Å². The topological polar surface area (TPSA) is 104 Å². The van der Waals surface area contributed by atoms with Crippen molar-refractivity contribution >= 4 is 38.1 Å². The van der Waals surface area contributed by atoms with E-state index in [1.165, 1.54) is 19.3 Å². The molecule has 2 aromatic rings. The highest BCUT2D eigenvalue weighted by Gasteiger charge is 2.26. The molecule has 2 N–H and O–H groups in total. The number of benzene rings is 1. The van der Waals surface area contributed by atoms with Gasteiger partial charge in [-0.15, -0.1) is 10.2 Å². The van der Waals surface area contributed by atoms with Crippen molar-refractivity contribution in [3.63, 3.8) is 0 Å². The molecule has 1 saturated heterocycles. The van der Waals surface area contributed by atoms with Gasteiger partial charge in [0, 0.05) is 30.2 Å². The summed E-state index contributed by atoms with van der Waals surface area (Å²) in [6, 6.07) is 7.55. The summed E-state index contributed by atoms with van der Waals surface area (Å²) in [6.45, 7) is 9.21. The van der Waals surface area contributed by atoms with Crippen LogP contribution in [0.4, 0.5) is 10.8 Å². The molecule has 0 saturated carbocycles. The van der Waals surface area contributed by atoms with Crippen molar-refractivity contribution in [1.82, 2.24) is 14.9 Å². The van der Waals surface area contributed by atoms with Crippen molar-refractivity contribution in [2.24, 2.45) is 5.41 Å². The second-order valence-corrected chi connectivity index (χ2v) is 11.4. The van der Waals surface area contributed by atoms with Crippen LogP contribution in [0.1, 0.15) is 58.6 Å². The molecular weight excluding hydrogens is 422 g/mol. The first-order valence-corrected chi connectivity index (χ1v) is 12.4. The summed E-state index contributed by atoms with van der Waals surface area (Å²) >= 11 is 0.831. The molecule has 1 fully saturated rings. The Bertz CT molecular complexity index is 975. The Hall–Kier alpha value is -2.04. The summed E-state index contributed by atoms with van der Waals surface area (Å²) in [7, 11) is -3.86. The van der Waals surface area contributed by atoms with Gasteiger partial charge >= 0.3 is 0 Å². The Balaban J connectivity index is 1.65. The van der Waals surface area contributed by atoms with Crippen LogP contribution in [0.3, 0.4) is 0 Å². The highest BCUT2D eigenvalue weighted by molar-refractivity contribution is 7.91. The van der Waals surface area contributed by atoms with E-state index in [9.17, 15) is 13.2 Å². The van der Waals surface area contributed by atoms with Gasteiger partial charge < -0.3 is 10.2 Å². The van der Waals surface area contributed by atoms with E-state index in [1.807, 2.05) is 24.3 Å². The summed E-state index contributed by atoms with van der Waals surface area (Å²) in [4.78, 5) is 14.4. The molecule has 30 heavy (non-hydrogen) atoms. The first-order chi connectivity index (χ1) is 14.1. The van der Waals surface area contributed by atoms with Gasteiger partial charge in [0.1, 0.15) is 0 Å². The van der Waals surface area contributed by atoms with E-state index >= 15 is 0 Å². The lowest BCUT2D eigenvalue weighted by molar-refractivity contribution is -0.123. The third kappa shape index (κ3) is 5.55. The first-order valence-electron chi connectivity index (χ1n) is 10.1. The fourth-order valence-electron chi connectivity index (χ4n) is 3.13. The minimum absolute atomic E-state index is 0.161. The number of nitrogens with zero attached hydrogens (tertiary/aromatic N) is 3. The summed E-state index contributed by atoms with van der Waals surface area (Å²) in [5, 5.41) is 10.3. The van der Waals surface area contributed by atoms with Gasteiger partial charge in [-0.2, -0.15) is 0 Å². The number of hydrogen-bond acceptors (Lipinski definition) is 7. The average Bonchev–Trinajstić information content (AvgIpc) is 3.17. The minimum Gasteiger partial charge on any atom is -0.372 e. The van der Waals surface area contributed by atoms with E-state index < -0.39 is 21.5 Å². The first kappa shape index (κ1) is 22.6. The Morgan fingerprint density at radius 1 is 1.10 bits per heavy atom. The van der Waals surface area contributed by atoms with Gasteiger partial charge in [-0.3, -0.25) is 4.79 Å². The molecule has 0 aliphatic carbocycles. The maximum Gasteiger partial charge on any atom is 0.270 e. The summed E-state index contributed by atoms with van der Waals surface area (Å²) in [5.74, 6) is -0.252. The SMILES string of the molecule is C[C@H](NS(=O)(=O)c1nnc(NC(=O)C(C)(C)C)s1)c1ccc(N2CCCCC2)cc1. The van der Waals surface area contributed by atoms with Crippen molar-refractivity contribution in [3.05, 3.63) is 29.8 Å². The predicted molar refractivity (Wildman–Crippen MR) is 119 cm³/mol. The van der Waals surface area contributed by atoms with Crippen LogP contribution in [-0.2, 0) is 14.8 Å². The molecule has 0 unspecified atom stereocenters. The summed E-state index contributed by atoms with van der Waals surface area (Å²) < 4.78 is 27.9. The number of rotatable bonds is 6. The molecule has 0 radical (unpaired) electrons. The van der Waals surface area contributed by atoms with Gasteiger partial charge in [-0.25, -0.2) is 13.1 Å². The normalized spacial score (nSPS) is 16.3. The maximum atomic E-state index is 12.7. The molecule has 3 rings (SSSR count). The van der Waals surface area contributed by atoms with Gasteiger partial charge in [0.25, 0.3) is 10.0 Å². The maximum absolute atomic E-state index is 12.7. The third-order valence-electron chi connectivity index (χ3n) is 4.98. The van der Waals surface area contributed by atoms with Crippen molar-refractivity contribution in [2.75, 3.05) is 23.3 Å². The van der Waals surface area contributed by atoms with Crippen LogP contribution in [0.25, 0.3) is 0 Å². The summed E-state index contributed by atoms with van der Waals surface area (Å²) in [5.41, 5.74) is 1.42. The number of piperidine rings is 1. The molecular formula is C20H29N5O3S2. The predicted octanol–water partition coefficient (Wildman–Crippen LogP) is 3.55. The smallest absolute Gasteiger partial charge is 0.270 e. The number of carbonyl (C=O) groups is 1. The highest BCUT2D eigenvalue weighted by Crippen LogP contribution is 2.26. The molecule has 1 atom stereocenters. The largest absolute Gasteiger partial charge is 0.372 e. The Labute approximate surface area is 182 Å². The van der Waals surface area contributed by atoms with Crippen LogP contribution >= 0.6 is 11.3 Å². The molecule has 10 heteroatoms. The van der Waals surface area contributed by atoms with Crippen molar-refractivity contribution in [3.8, 4) is 0 Å². The monoisotopic (exact) mass is 451 g/mol. The standard InChI is InChI=1S/C20H29N5O3S2/c1-14(15-8-10-16(11-9-15)25-12-6-5-7-13-25)24-30(27,28)19-23-22-18(29-19)21-17(26)20(2,3)4/h8-11,14,24H,5-7,12-13H2,1-4H3,(H,21,22,26)/t14-/m0/s1. The van der Waals surface area contributed by atoms with Crippen LogP contribution in [-0.4, -0.2) is 37.6 Å². The molecule has 1 aromatic carbocycles. The minimum atomic E-state index is -3.86. The highest BCUT2D eigenvalue weighted by atomic mass is 32.2. The zero-order valence-electron chi connectivity index (χ0n) is 17.8. The van der Waals surface area contributed by atoms with Crippen molar-refractivity contribution in [2.45, 2.75) is 57.3 Å². The van der Waals surface area contributed by atoms with Gasteiger partial charge in [0.2, 0.25) is 15.4 Å². The van der Waals surface area contributed by atoms with Crippen LogP contribution in [0.15, 0.2) is 28.6 Å². The van der Waals surface area contributed by atoms with Crippen molar-refractivity contribution < 1.29 is 13.2 Å². The van der Waals surface area contributed by atoms with E-state index in [1.54, 1.807) is 27.7 Å². The van der Waals surface area contributed by atoms with Crippen LogP contribution < -0.4 is 14.9 Å². The zero-order chi connectivity index (χ0) is 21.9. The third-order valence-corrected chi connectivity index (χ3v) is 7.73.